The molecule has 6 nitrogen and oxygen atoms in total. The lowest BCUT2D eigenvalue weighted by molar-refractivity contribution is 0.0689. The predicted octanol–water partition coefficient (Wildman–Crippen LogP) is 3.04. The van der Waals surface area contributed by atoms with Gasteiger partial charge in [0.2, 0.25) is 5.13 Å². The predicted molar refractivity (Wildman–Crippen MR) is 83.4 cm³/mol. The van der Waals surface area contributed by atoms with Crippen LogP contribution in [0.4, 0.5) is 0 Å². The van der Waals surface area contributed by atoms with Crippen LogP contribution in [0.1, 0.15) is 29.5 Å². The lowest BCUT2D eigenvalue weighted by Crippen LogP contribution is -2.06. The molecule has 0 spiro atoms. The number of aromatic nitrogens is 4. The van der Waals surface area contributed by atoms with Crippen LogP contribution in [0.3, 0.4) is 0 Å². The molecule has 0 fully saturated rings. The molecule has 1 aromatic carbocycles. The normalized spacial score (nSPS) is 10.8. The molecule has 0 saturated heterocycles. The molecule has 112 valence electrons. The second-order valence-corrected chi connectivity index (χ2v) is 5.57. The topological polar surface area (TPSA) is 80.9 Å². The first-order valence-electron chi connectivity index (χ1n) is 6.90. The molecule has 0 aliphatic carbocycles. The van der Waals surface area contributed by atoms with Crippen molar-refractivity contribution in [1.82, 2.24) is 20.0 Å². The Morgan fingerprint density at radius 3 is 2.77 bits per heavy atom. The van der Waals surface area contributed by atoms with Gasteiger partial charge in [-0.2, -0.15) is 4.68 Å². The first-order valence-corrected chi connectivity index (χ1v) is 7.78. The monoisotopic (exact) mass is 314 g/mol. The van der Waals surface area contributed by atoms with Crippen molar-refractivity contribution < 1.29 is 9.90 Å². The third-order valence-corrected chi connectivity index (χ3v) is 4.01. The van der Waals surface area contributed by atoms with Crippen LogP contribution >= 0.6 is 11.3 Å². The quantitative estimate of drug-likeness (QED) is 0.783. The van der Waals surface area contributed by atoms with Crippen LogP contribution in [0, 0.1) is 0 Å². The number of carboxylic acid groups (broad SMARTS) is 1. The smallest absolute Gasteiger partial charge is 0.358 e. The van der Waals surface area contributed by atoms with Crippen LogP contribution in [0.15, 0.2) is 35.7 Å². The molecule has 7 heteroatoms. The lowest BCUT2D eigenvalue weighted by Gasteiger charge is -2.02. The summed E-state index contributed by atoms with van der Waals surface area (Å²) >= 11 is 1.42. The highest BCUT2D eigenvalue weighted by molar-refractivity contribution is 7.12. The van der Waals surface area contributed by atoms with Gasteiger partial charge in [-0.3, -0.25) is 0 Å². The summed E-state index contributed by atoms with van der Waals surface area (Å²) in [4.78, 5) is 15.8. The van der Waals surface area contributed by atoms with Gasteiger partial charge in [-0.15, -0.1) is 16.4 Å². The van der Waals surface area contributed by atoms with E-state index in [1.54, 1.807) is 0 Å². The summed E-state index contributed by atoms with van der Waals surface area (Å²) in [6, 6.07) is 9.82. The van der Waals surface area contributed by atoms with Gasteiger partial charge in [0.25, 0.3) is 0 Å². The van der Waals surface area contributed by atoms with Gasteiger partial charge in [-0.1, -0.05) is 48.9 Å². The van der Waals surface area contributed by atoms with Crippen LogP contribution in [0.5, 0.6) is 0 Å². The highest BCUT2D eigenvalue weighted by Crippen LogP contribution is 2.25. The van der Waals surface area contributed by atoms with Crippen molar-refractivity contribution >= 4 is 17.3 Å². The van der Waals surface area contributed by atoms with E-state index in [0.29, 0.717) is 17.2 Å². The second kappa shape index (κ2) is 6.07. The van der Waals surface area contributed by atoms with E-state index in [0.717, 1.165) is 17.7 Å². The van der Waals surface area contributed by atoms with Gasteiger partial charge in [0.15, 0.2) is 5.69 Å². The Morgan fingerprint density at radius 2 is 2.09 bits per heavy atom. The second-order valence-electron chi connectivity index (χ2n) is 4.73. The molecular weight excluding hydrogens is 300 g/mol. The Labute approximate surface area is 131 Å². The van der Waals surface area contributed by atoms with Crippen molar-refractivity contribution in [3.05, 3.63) is 47.1 Å². The molecule has 22 heavy (non-hydrogen) atoms. The fraction of sp³-hybridized carbons (Fsp3) is 0.200. The average Bonchev–Trinajstić information content (AvgIpc) is 3.15. The Kier molecular flexibility index (Phi) is 3.97. The lowest BCUT2D eigenvalue weighted by atomic mass is 10.2. The maximum Gasteiger partial charge on any atom is 0.358 e. The molecule has 0 amide bonds. The Hall–Kier alpha value is -2.54. The van der Waals surface area contributed by atoms with Crippen molar-refractivity contribution in [3.8, 4) is 16.4 Å². The third-order valence-electron chi connectivity index (χ3n) is 3.20. The van der Waals surface area contributed by atoms with E-state index >= 15 is 0 Å². The summed E-state index contributed by atoms with van der Waals surface area (Å²) in [6.45, 7) is 1.99. The first-order chi connectivity index (χ1) is 10.7. The highest BCUT2D eigenvalue weighted by Gasteiger charge is 2.20. The zero-order chi connectivity index (χ0) is 15.5. The number of aromatic carboxylic acids is 1. The third kappa shape index (κ3) is 2.62. The van der Waals surface area contributed by atoms with Crippen molar-refractivity contribution in [2.24, 2.45) is 0 Å². The van der Waals surface area contributed by atoms with Crippen LogP contribution in [0.25, 0.3) is 16.4 Å². The van der Waals surface area contributed by atoms with Gasteiger partial charge < -0.3 is 5.11 Å². The SMILES string of the molecule is CCCc1c(C(=O)O)nnn1-c1nc(-c2ccccc2)cs1. The minimum absolute atomic E-state index is 0.00156. The number of carboxylic acids is 1. The molecule has 0 bridgehead atoms. The van der Waals surface area contributed by atoms with Gasteiger partial charge in [-0.25, -0.2) is 9.78 Å². The summed E-state index contributed by atoms with van der Waals surface area (Å²) in [5.74, 6) is -1.06. The number of hydrogen-bond donors (Lipinski definition) is 1. The molecule has 0 aliphatic heterocycles. The van der Waals surface area contributed by atoms with Gasteiger partial charge in [0.05, 0.1) is 11.4 Å². The van der Waals surface area contributed by atoms with Gasteiger partial charge in [0, 0.05) is 10.9 Å². The molecule has 0 saturated carbocycles. The van der Waals surface area contributed by atoms with Crippen molar-refractivity contribution in [1.29, 1.82) is 0 Å². The standard InChI is InChI=1S/C15H14N4O2S/c1-2-6-12-13(14(20)21)17-18-19(12)15-16-11(9-22-15)10-7-4-3-5-8-10/h3-5,7-9H,2,6H2,1H3,(H,20,21). The van der Waals surface area contributed by atoms with E-state index in [-0.39, 0.29) is 5.69 Å². The molecule has 2 aromatic heterocycles. The largest absolute Gasteiger partial charge is 0.476 e. The molecule has 0 atom stereocenters. The fourth-order valence-corrected chi connectivity index (χ4v) is 2.99. The molecule has 3 rings (SSSR count). The molecule has 0 unspecified atom stereocenters. The highest BCUT2D eigenvalue weighted by atomic mass is 32.1. The van der Waals surface area contributed by atoms with Crippen molar-refractivity contribution in [2.45, 2.75) is 19.8 Å². The van der Waals surface area contributed by atoms with Gasteiger partial charge >= 0.3 is 5.97 Å². The zero-order valence-corrected chi connectivity index (χ0v) is 12.7. The Morgan fingerprint density at radius 1 is 1.32 bits per heavy atom. The van der Waals surface area contributed by atoms with E-state index in [1.165, 1.54) is 16.0 Å². The zero-order valence-electron chi connectivity index (χ0n) is 11.9. The summed E-state index contributed by atoms with van der Waals surface area (Å²) in [5, 5.41) is 19.5. The first kappa shape index (κ1) is 14.4. The van der Waals surface area contributed by atoms with Crippen LogP contribution < -0.4 is 0 Å². The summed E-state index contributed by atoms with van der Waals surface area (Å²) in [7, 11) is 0. The van der Waals surface area contributed by atoms with Gasteiger partial charge in [0.1, 0.15) is 0 Å². The van der Waals surface area contributed by atoms with E-state index in [4.69, 9.17) is 0 Å². The maximum absolute atomic E-state index is 11.2. The number of carbonyl (C=O) groups is 1. The number of rotatable bonds is 5. The van der Waals surface area contributed by atoms with Crippen LogP contribution in [-0.4, -0.2) is 31.1 Å². The fourth-order valence-electron chi connectivity index (χ4n) is 2.19. The Balaban J connectivity index is 2.02. The molecular formula is C15H14N4O2S. The summed E-state index contributed by atoms with van der Waals surface area (Å²) in [5.41, 5.74) is 2.44. The van der Waals surface area contributed by atoms with Gasteiger partial charge in [-0.05, 0) is 6.42 Å². The van der Waals surface area contributed by atoms with E-state index in [1.807, 2.05) is 42.6 Å². The average molecular weight is 314 g/mol. The van der Waals surface area contributed by atoms with Crippen LogP contribution in [-0.2, 0) is 6.42 Å². The van der Waals surface area contributed by atoms with Crippen molar-refractivity contribution in [2.75, 3.05) is 0 Å². The number of hydrogen-bond acceptors (Lipinski definition) is 5. The number of nitrogens with zero attached hydrogens (tertiary/aromatic N) is 4. The Bertz CT molecular complexity index is 795. The minimum atomic E-state index is -1.06. The molecule has 2 heterocycles. The minimum Gasteiger partial charge on any atom is -0.476 e. The molecule has 0 aliphatic rings. The molecule has 3 aromatic rings. The summed E-state index contributed by atoms with van der Waals surface area (Å²) in [6.07, 6.45) is 1.40. The van der Waals surface area contributed by atoms with E-state index < -0.39 is 5.97 Å². The maximum atomic E-state index is 11.2. The molecule has 0 radical (unpaired) electrons. The molecule has 1 N–H and O–H groups in total. The van der Waals surface area contributed by atoms with E-state index in [2.05, 4.69) is 15.3 Å². The summed E-state index contributed by atoms with van der Waals surface area (Å²) < 4.78 is 1.53. The number of thiazole rings is 1. The van der Waals surface area contributed by atoms with E-state index in [9.17, 15) is 9.90 Å². The van der Waals surface area contributed by atoms with Crippen LogP contribution in [0.2, 0.25) is 0 Å². The number of benzene rings is 1. The van der Waals surface area contributed by atoms with Crippen molar-refractivity contribution in [3.63, 3.8) is 0 Å².